The maximum Gasteiger partial charge on any atom is 0.0229 e. The van der Waals surface area contributed by atoms with Crippen molar-refractivity contribution in [1.29, 1.82) is 0 Å². The van der Waals surface area contributed by atoms with Crippen LogP contribution < -0.4 is 5.32 Å². The van der Waals surface area contributed by atoms with Crippen molar-refractivity contribution < 1.29 is 0 Å². The fraction of sp³-hybridized carbons (Fsp3) is 1.00. The van der Waals surface area contributed by atoms with Crippen LogP contribution in [0.3, 0.4) is 0 Å². The molecular formula is C7H16ClN. The molecule has 0 fully saturated rings. The van der Waals surface area contributed by atoms with Crippen LogP contribution in [-0.4, -0.2) is 19.5 Å². The van der Waals surface area contributed by atoms with Crippen molar-refractivity contribution in [2.45, 2.75) is 20.3 Å². The number of nitrogens with one attached hydrogen (secondary N) is 1. The Balaban J connectivity index is 3.43. The Kier molecular flexibility index (Phi) is 4.24. The smallest absolute Gasteiger partial charge is 0.0229 e. The van der Waals surface area contributed by atoms with Crippen LogP contribution >= 0.6 is 11.6 Å². The van der Waals surface area contributed by atoms with Crippen LogP contribution in [0.25, 0.3) is 0 Å². The van der Waals surface area contributed by atoms with Gasteiger partial charge >= 0.3 is 0 Å². The molecule has 0 saturated heterocycles. The summed E-state index contributed by atoms with van der Waals surface area (Å²) in [5.74, 6) is 0.759. The van der Waals surface area contributed by atoms with Crippen LogP contribution in [0.15, 0.2) is 0 Å². The molecule has 0 aliphatic carbocycles. The van der Waals surface area contributed by atoms with E-state index in [1.165, 1.54) is 0 Å². The third kappa shape index (κ3) is 4.73. The Morgan fingerprint density at radius 1 is 1.44 bits per heavy atom. The van der Waals surface area contributed by atoms with Gasteiger partial charge in [-0.1, -0.05) is 13.8 Å². The van der Waals surface area contributed by atoms with Crippen LogP contribution in [0, 0.1) is 5.41 Å². The molecule has 0 radical (unpaired) electrons. The lowest BCUT2D eigenvalue weighted by Crippen LogP contribution is -2.26. The normalized spacial score (nSPS) is 12.0. The van der Waals surface area contributed by atoms with Gasteiger partial charge in [0.1, 0.15) is 0 Å². The van der Waals surface area contributed by atoms with Crippen LogP contribution in [0.4, 0.5) is 0 Å². The van der Waals surface area contributed by atoms with Gasteiger partial charge in [0.25, 0.3) is 0 Å². The van der Waals surface area contributed by atoms with E-state index in [2.05, 4.69) is 19.2 Å². The van der Waals surface area contributed by atoms with Crippen LogP contribution in [0.2, 0.25) is 0 Å². The minimum absolute atomic E-state index is 0.358. The second kappa shape index (κ2) is 4.13. The highest BCUT2D eigenvalue weighted by Crippen LogP contribution is 2.18. The number of alkyl halides is 1. The molecule has 0 spiro atoms. The summed E-state index contributed by atoms with van der Waals surface area (Å²) in [6.45, 7) is 5.47. The monoisotopic (exact) mass is 149 g/mol. The Bertz CT molecular complexity index is 63.3. The zero-order valence-electron chi connectivity index (χ0n) is 6.50. The van der Waals surface area contributed by atoms with Gasteiger partial charge in [0.15, 0.2) is 0 Å². The van der Waals surface area contributed by atoms with Crippen LogP contribution in [0.5, 0.6) is 0 Å². The van der Waals surface area contributed by atoms with Crippen molar-refractivity contribution >= 4 is 11.6 Å². The molecule has 0 amide bonds. The maximum absolute atomic E-state index is 5.59. The molecule has 0 heterocycles. The Hall–Kier alpha value is 0.250. The van der Waals surface area contributed by atoms with Crippen molar-refractivity contribution in [3.63, 3.8) is 0 Å². The highest BCUT2D eigenvalue weighted by molar-refractivity contribution is 6.17. The molecule has 0 atom stereocenters. The van der Waals surface area contributed by atoms with Gasteiger partial charge in [0.05, 0.1) is 0 Å². The maximum atomic E-state index is 5.59. The third-order valence-corrected chi connectivity index (χ3v) is 1.62. The number of hydrogen-bond acceptors (Lipinski definition) is 1. The molecule has 0 bridgehead atoms. The van der Waals surface area contributed by atoms with E-state index in [0.29, 0.717) is 5.41 Å². The fourth-order valence-corrected chi connectivity index (χ4v) is 1.33. The van der Waals surface area contributed by atoms with Crippen LogP contribution in [-0.2, 0) is 0 Å². The molecule has 9 heavy (non-hydrogen) atoms. The first-order chi connectivity index (χ1) is 4.12. The zero-order valence-corrected chi connectivity index (χ0v) is 7.26. The van der Waals surface area contributed by atoms with Gasteiger partial charge in [0.2, 0.25) is 0 Å². The van der Waals surface area contributed by atoms with E-state index < -0.39 is 0 Å². The first kappa shape index (κ1) is 9.25. The molecule has 0 unspecified atom stereocenters. The summed E-state index contributed by atoms with van der Waals surface area (Å²) in [6, 6.07) is 0. The molecule has 0 saturated carbocycles. The lowest BCUT2D eigenvalue weighted by molar-refractivity contribution is 0.341. The van der Waals surface area contributed by atoms with E-state index in [1.54, 1.807) is 0 Å². The molecule has 0 aliphatic rings. The first-order valence-corrected chi connectivity index (χ1v) is 3.86. The van der Waals surface area contributed by atoms with E-state index in [0.717, 1.165) is 18.8 Å². The van der Waals surface area contributed by atoms with E-state index >= 15 is 0 Å². The predicted molar refractivity (Wildman–Crippen MR) is 43.0 cm³/mol. The van der Waals surface area contributed by atoms with Gasteiger partial charge in [-0.25, -0.2) is 0 Å². The third-order valence-electron chi connectivity index (χ3n) is 1.43. The summed E-state index contributed by atoms with van der Waals surface area (Å²) in [5.41, 5.74) is 0.358. The highest BCUT2D eigenvalue weighted by atomic mass is 35.5. The minimum Gasteiger partial charge on any atom is -0.319 e. The quantitative estimate of drug-likeness (QED) is 0.602. The lowest BCUT2D eigenvalue weighted by atomic mass is 9.90. The molecule has 1 N–H and O–H groups in total. The van der Waals surface area contributed by atoms with Gasteiger partial charge in [-0.15, -0.1) is 11.6 Å². The largest absolute Gasteiger partial charge is 0.319 e. The summed E-state index contributed by atoms with van der Waals surface area (Å²) >= 11 is 5.59. The van der Waals surface area contributed by atoms with Gasteiger partial charge in [-0.3, -0.25) is 0 Å². The van der Waals surface area contributed by atoms with Crippen molar-refractivity contribution in [3.05, 3.63) is 0 Å². The molecule has 56 valence electrons. The lowest BCUT2D eigenvalue weighted by Gasteiger charge is -2.22. The highest BCUT2D eigenvalue weighted by Gasteiger charge is 2.14. The van der Waals surface area contributed by atoms with E-state index in [-0.39, 0.29) is 0 Å². The Morgan fingerprint density at radius 3 is 2.33 bits per heavy atom. The number of halogens is 1. The topological polar surface area (TPSA) is 12.0 Å². The molecule has 2 heteroatoms. The first-order valence-electron chi connectivity index (χ1n) is 3.33. The zero-order chi connectivity index (χ0) is 7.33. The molecule has 0 aromatic heterocycles. The standard InChI is InChI=1S/C7H16ClN/c1-7(2,4-5-8)6-9-3/h9H,4-6H2,1-3H3. The van der Waals surface area contributed by atoms with E-state index in [4.69, 9.17) is 11.6 Å². The molecule has 1 nitrogen and oxygen atoms in total. The average molecular weight is 150 g/mol. The Labute approximate surface area is 62.8 Å². The fourth-order valence-electron chi connectivity index (χ4n) is 0.823. The van der Waals surface area contributed by atoms with Crippen molar-refractivity contribution in [2.24, 2.45) is 5.41 Å². The summed E-state index contributed by atoms with van der Waals surface area (Å²) in [7, 11) is 1.97. The molecule has 0 rings (SSSR count). The summed E-state index contributed by atoms with van der Waals surface area (Å²) in [4.78, 5) is 0. The minimum atomic E-state index is 0.358. The summed E-state index contributed by atoms with van der Waals surface area (Å²) in [6.07, 6.45) is 1.08. The van der Waals surface area contributed by atoms with Gasteiger partial charge in [0, 0.05) is 5.88 Å². The van der Waals surface area contributed by atoms with Crippen molar-refractivity contribution in [2.75, 3.05) is 19.5 Å². The van der Waals surface area contributed by atoms with Gasteiger partial charge in [-0.2, -0.15) is 0 Å². The SMILES string of the molecule is CNCC(C)(C)CCCl. The van der Waals surface area contributed by atoms with Gasteiger partial charge in [-0.05, 0) is 25.4 Å². The second-order valence-electron chi connectivity index (χ2n) is 3.13. The predicted octanol–water partition coefficient (Wildman–Crippen LogP) is 1.86. The van der Waals surface area contributed by atoms with Crippen molar-refractivity contribution in [1.82, 2.24) is 5.32 Å². The van der Waals surface area contributed by atoms with Gasteiger partial charge < -0.3 is 5.32 Å². The summed E-state index contributed by atoms with van der Waals surface area (Å²) in [5, 5.41) is 3.13. The summed E-state index contributed by atoms with van der Waals surface area (Å²) < 4.78 is 0. The molecule has 0 aliphatic heterocycles. The molecule has 0 aromatic rings. The van der Waals surface area contributed by atoms with Crippen molar-refractivity contribution in [3.8, 4) is 0 Å². The van der Waals surface area contributed by atoms with E-state index in [9.17, 15) is 0 Å². The number of hydrogen-bond donors (Lipinski definition) is 1. The molecular weight excluding hydrogens is 134 g/mol. The second-order valence-corrected chi connectivity index (χ2v) is 3.51. The van der Waals surface area contributed by atoms with Crippen LogP contribution in [0.1, 0.15) is 20.3 Å². The average Bonchev–Trinajstić information content (AvgIpc) is 1.64. The molecule has 0 aromatic carbocycles. The van der Waals surface area contributed by atoms with E-state index in [1.807, 2.05) is 7.05 Å². The Morgan fingerprint density at radius 2 is 2.00 bits per heavy atom. The number of rotatable bonds is 4.